The number of esters is 1. The molecule has 186 valence electrons. The Balaban J connectivity index is 1.73. The average Bonchev–Trinajstić information content (AvgIpc) is 2.91. The Morgan fingerprint density at radius 1 is 1.08 bits per heavy atom. The molecule has 0 bridgehead atoms. The molecule has 3 aromatic rings. The van der Waals surface area contributed by atoms with Crippen LogP contribution in [0.1, 0.15) is 38.5 Å². The normalized spacial score (nSPS) is 17.9. The van der Waals surface area contributed by atoms with Gasteiger partial charge in [0.2, 0.25) is 5.88 Å². The lowest BCUT2D eigenvalue weighted by atomic mass is 9.88. The fraction of sp³-hybridized carbons (Fsp3) is 0.143. The molecule has 0 aliphatic carbocycles. The number of nitrogens with two attached hydrogens (primary N) is 1. The number of carbonyl (C=O) groups excluding carboxylic acids is 1. The van der Waals surface area contributed by atoms with E-state index in [1.807, 2.05) is 37.3 Å². The Labute approximate surface area is 214 Å². The van der Waals surface area contributed by atoms with Gasteiger partial charge in [0.15, 0.2) is 5.76 Å². The van der Waals surface area contributed by atoms with Crippen LogP contribution in [0.25, 0.3) is 5.76 Å². The molecule has 0 aromatic heterocycles. The van der Waals surface area contributed by atoms with Crippen molar-refractivity contribution < 1.29 is 22.7 Å². The number of aryl methyl sites for hydroxylation is 1. The van der Waals surface area contributed by atoms with E-state index in [9.17, 15) is 18.5 Å². The average molecular weight is 514 g/mol. The summed E-state index contributed by atoms with van der Waals surface area (Å²) < 4.78 is 40.6. The van der Waals surface area contributed by atoms with Crippen molar-refractivity contribution in [2.45, 2.75) is 19.4 Å². The molecule has 0 spiro atoms. The van der Waals surface area contributed by atoms with Gasteiger partial charge in [-0.2, -0.15) is 5.26 Å². The van der Waals surface area contributed by atoms with E-state index < -0.39 is 21.9 Å². The van der Waals surface area contributed by atoms with E-state index in [4.69, 9.17) is 15.2 Å². The number of ether oxygens (including phenoxy) is 2. The third-order valence-corrected chi connectivity index (χ3v) is 8.48. The highest BCUT2D eigenvalue weighted by molar-refractivity contribution is 7.96. The number of para-hydroxylation sites is 1. The highest BCUT2D eigenvalue weighted by Gasteiger charge is 2.47. The van der Waals surface area contributed by atoms with E-state index >= 15 is 0 Å². The Hall–Kier alpha value is -4.55. The number of benzene rings is 3. The Bertz CT molecular complexity index is 1630. The first-order chi connectivity index (χ1) is 17.8. The molecule has 9 heteroatoms. The van der Waals surface area contributed by atoms with Crippen LogP contribution in [0.5, 0.6) is 0 Å². The Kier molecular flexibility index (Phi) is 5.97. The second kappa shape index (κ2) is 9.15. The van der Waals surface area contributed by atoms with Crippen molar-refractivity contribution >= 4 is 27.4 Å². The molecule has 8 nitrogen and oxygen atoms in total. The van der Waals surface area contributed by atoms with Crippen molar-refractivity contribution in [1.82, 2.24) is 0 Å². The molecule has 37 heavy (non-hydrogen) atoms. The number of sulfonamides is 1. The molecule has 0 amide bonds. The lowest BCUT2D eigenvalue weighted by Gasteiger charge is -2.38. The number of fused-ring (bicyclic) bond motifs is 2. The third kappa shape index (κ3) is 3.92. The summed E-state index contributed by atoms with van der Waals surface area (Å²) in [4.78, 5) is 11.9. The minimum absolute atomic E-state index is 0.0247. The summed E-state index contributed by atoms with van der Waals surface area (Å²) in [6.07, 6.45) is 0. The van der Waals surface area contributed by atoms with Crippen LogP contribution in [0.3, 0.4) is 0 Å². The molecule has 3 aromatic carbocycles. The highest BCUT2D eigenvalue weighted by atomic mass is 32.2. The first-order valence-electron chi connectivity index (χ1n) is 11.4. The number of allylic oxidation sites excluding steroid dienone is 2. The summed E-state index contributed by atoms with van der Waals surface area (Å²) >= 11 is 0. The van der Waals surface area contributed by atoms with Crippen LogP contribution in [0.2, 0.25) is 0 Å². The predicted molar refractivity (Wildman–Crippen MR) is 138 cm³/mol. The maximum Gasteiger partial charge on any atom is 0.337 e. The molecule has 0 saturated carbocycles. The van der Waals surface area contributed by atoms with Crippen LogP contribution < -0.4 is 10.0 Å². The van der Waals surface area contributed by atoms with Crippen molar-refractivity contribution in [3.8, 4) is 6.07 Å². The van der Waals surface area contributed by atoms with Gasteiger partial charge in [-0.15, -0.1) is 0 Å². The number of nitriles is 1. The number of hydrogen-bond donors (Lipinski definition) is 1. The Morgan fingerprint density at radius 3 is 2.43 bits per heavy atom. The summed E-state index contributed by atoms with van der Waals surface area (Å²) in [7, 11) is -2.92. The topological polar surface area (TPSA) is 123 Å². The Morgan fingerprint density at radius 2 is 1.76 bits per heavy atom. The molecule has 1 atom stereocenters. The number of hydrogen-bond acceptors (Lipinski definition) is 7. The molecule has 2 N–H and O–H groups in total. The molecular formula is C28H23N3O5S. The minimum Gasteiger partial charge on any atom is -0.465 e. The molecular weight excluding hydrogens is 490 g/mol. The number of nitrogens with zero attached hydrogens (tertiary/aromatic N) is 2. The first-order valence-corrected chi connectivity index (χ1v) is 12.9. The lowest BCUT2D eigenvalue weighted by molar-refractivity contribution is 0.0600. The summed E-state index contributed by atoms with van der Waals surface area (Å²) in [5.41, 5.74) is 9.71. The van der Waals surface area contributed by atoms with Crippen LogP contribution in [-0.2, 0) is 26.0 Å². The molecule has 0 saturated heterocycles. The first kappa shape index (κ1) is 24.2. The number of rotatable bonds is 4. The zero-order valence-corrected chi connectivity index (χ0v) is 21.0. The van der Waals surface area contributed by atoms with Gasteiger partial charge in [-0.25, -0.2) is 13.2 Å². The molecule has 2 aliphatic rings. The zero-order valence-electron chi connectivity index (χ0n) is 20.1. The standard InChI is InChI=1S/C28H23N3O5S/c1-17-7-3-4-8-20(17)16-31-23-10-6-5-9-21(23)25-26(37(31,33)34)24(22(15-29)27(30)36-25)18-11-13-19(14-12-18)28(32)35-2/h3-14,24H,16,30H2,1-2H3/t24-/m1/s1. The van der Waals surface area contributed by atoms with Gasteiger partial charge in [0.05, 0.1) is 30.8 Å². The maximum absolute atomic E-state index is 14.3. The van der Waals surface area contributed by atoms with Crippen LogP contribution >= 0.6 is 0 Å². The fourth-order valence-electron chi connectivity index (χ4n) is 4.68. The van der Waals surface area contributed by atoms with Crippen LogP contribution in [0.15, 0.2) is 89.2 Å². The molecule has 2 aliphatic heterocycles. The van der Waals surface area contributed by atoms with Crippen molar-refractivity contribution in [2.24, 2.45) is 5.73 Å². The zero-order chi connectivity index (χ0) is 26.3. The van der Waals surface area contributed by atoms with E-state index in [0.717, 1.165) is 11.1 Å². The van der Waals surface area contributed by atoms with Gasteiger partial charge in [0, 0.05) is 5.56 Å². The van der Waals surface area contributed by atoms with Crippen LogP contribution in [-0.4, -0.2) is 21.5 Å². The second-order valence-electron chi connectivity index (χ2n) is 8.69. The van der Waals surface area contributed by atoms with Crippen molar-refractivity contribution in [1.29, 1.82) is 5.26 Å². The number of methoxy groups -OCH3 is 1. The summed E-state index contributed by atoms with van der Waals surface area (Å²) in [5.74, 6) is -1.63. The summed E-state index contributed by atoms with van der Waals surface area (Å²) in [5, 5.41) is 9.99. The van der Waals surface area contributed by atoms with Gasteiger partial charge >= 0.3 is 5.97 Å². The molecule has 0 radical (unpaired) electrons. The van der Waals surface area contributed by atoms with E-state index in [1.165, 1.54) is 23.5 Å². The minimum atomic E-state index is -4.19. The number of anilines is 1. The third-order valence-electron chi connectivity index (χ3n) is 6.60. The van der Waals surface area contributed by atoms with Crippen molar-refractivity contribution in [3.63, 3.8) is 0 Å². The predicted octanol–water partition coefficient (Wildman–Crippen LogP) is 4.31. The molecule has 0 unspecified atom stereocenters. The van der Waals surface area contributed by atoms with Gasteiger partial charge in [-0.1, -0.05) is 48.5 Å². The number of carbonyl (C=O) groups is 1. The van der Waals surface area contributed by atoms with E-state index in [-0.39, 0.29) is 28.7 Å². The van der Waals surface area contributed by atoms with Gasteiger partial charge in [-0.05, 0) is 47.9 Å². The summed E-state index contributed by atoms with van der Waals surface area (Å²) in [6, 6.07) is 22.9. The van der Waals surface area contributed by atoms with Gasteiger partial charge in [0.1, 0.15) is 16.5 Å². The fourth-order valence-corrected chi connectivity index (χ4v) is 6.59. The van der Waals surface area contributed by atoms with Crippen molar-refractivity contribution in [2.75, 3.05) is 11.4 Å². The van der Waals surface area contributed by atoms with Crippen LogP contribution in [0.4, 0.5) is 5.69 Å². The summed E-state index contributed by atoms with van der Waals surface area (Å²) in [6.45, 7) is 2.02. The monoisotopic (exact) mass is 513 g/mol. The molecule has 2 heterocycles. The van der Waals surface area contributed by atoms with E-state index in [0.29, 0.717) is 22.4 Å². The molecule has 5 rings (SSSR count). The largest absolute Gasteiger partial charge is 0.465 e. The van der Waals surface area contributed by atoms with Gasteiger partial charge in [0.25, 0.3) is 10.0 Å². The quantitative estimate of drug-likeness (QED) is 0.516. The van der Waals surface area contributed by atoms with Gasteiger partial charge in [-0.3, -0.25) is 4.31 Å². The lowest BCUT2D eigenvalue weighted by Crippen LogP contribution is -2.39. The van der Waals surface area contributed by atoms with E-state index in [2.05, 4.69) is 0 Å². The van der Waals surface area contributed by atoms with Crippen molar-refractivity contribution in [3.05, 3.63) is 117 Å². The molecule has 0 fully saturated rings. The highest BCUT2D eigenvalue weighted by Crippen LogP contribution is 2.51. The SMILES string of the molecule is COC(=O)c1ccc([C@@H]2C(C#N)=C(N)OC3=C2S(=O)(=O)N(Cc2ccccc2C)c2ccccc23)cc1. The smallest absolute Gasteiger partial charge is 0.337 e. The van der Waals surface area contributed by atoms with Gasteiger partial charge < -0.3 is 15.2 Å². The van der Waals surface area contributed by atoms with Crippen LogP contribution in [0, 0.1) is 18.3 Å². The van der Waals surface area contributed by atoms with E-state index in [1.54, 1.807) is 36.4 Å². The second-order valence-corrected chi connectivity index (χ2v) is 10.5. The maximum atomic E-state index is 14.3.